The molecule has 1 N–H and O–H groups in total. The molecule has 0 saturated heterocycles. The van der Waals surface area contributed by atoms with Crippen LogP contribution in [-0.2, 0) is 10.7 Å². The molecule has 0 saturated carbocycles. The van der Waals surface area contributed by atoms with Gasteiger partial charge in [0.15, 0.2) is 0 Å². The summed E-state index contributed by atoms with van der Waals surface area (Å²) in [6, 6.07) is 2.20. The van der Waals surface area contributed by atoms with E-state index in [4.69, 9.17) is 23.2 Å². The Kier molecular flexibility index (Phi) is 4.50. The summed E-state index contributed by atoms with van der Waals surface area (Å²) in [5.41, 5.74) is 1.02. The van der Waals surface area contributed by atoms with Gasteiger partial charge in [0.2, 0.25) is 5.91 Å². The number of nitrogens with zero attached hydrogens (tertiary/aromatic N) is 2. The largest absolute Gasteiger partial charge is 0.355 e. The van der Waals surface area contributed by atoms with E-state index >= 15 is 0 Å². The molecule has 0 aliphatic carbocycles. The fourth-order valence-corrected chi connectivity index (χ4v) is 2.45. The number of hydrogen-bond acceptors (Lipinski definition) is 2. The summed E-state index contributed by atoms with van der Waals surface area (Å²) >= 11 is 11.7. The van der Waals surface area contributed by atoms with Crippen LogP contribution < -0.4 is 5.32 Å². The molecule has 1 aromatic carbocycles. The van der Waals surface area contributed by atoms with Crippen molar-refractivity contribution in [2.75, 3.05) is 6.54 Å². The zero-order valence-corrected chi connectivity index (χ0v) is 12.6. The predicted octanol–water partition coefficient (Wildman–Crippen LogP) is 3.26. The minimum Gasteiger partial charge on any atom is -0.355 e. The molecule has 0 spiro atoms. The summed E-state index contributed by atoms with van der Waals surface area (Å²) in [7, 11) is 0. The first kappa shape index (κ1) is 15.1. The summed E-state index contributed by atoms with van der Waals surface area (Å²) in [6.45, 7) is 4.10. The summed E-state index contributed by atoms with van der Waals surface area (Å²) in [6.07, 6.45) is 0. The molecular weight excluding hydrogens is 304 g/mol. The zero-order valence-electron chi connectivity index (χ0n) is 11.1. The molecule has 2 aromatic rings. The van der Waals surface area contributed by atoms with Gasteiger partial charge >= 0.3 is 0 Å². The molecule has 1 heterocycles. The average molecular weight is 318 g/mol. The quantitative estimate of drug-likeness (QED) is 0.880. The van der Waals surface area contributed by atoms with Crippen LogP contribution in [0.25, 0.3) is 11.0 Å². The van der Waals surface area contributed by atoms with Gasteiger partial charge in [-0.05, 0) is 19.9 Å². The summed E-state index contributed by atoms with van der Waals surface area (Å²) in [5.74, 6) is -0.0752. The van der Waals surface area contributed by atoms with Crippen LogP contribution in [0.2, 0.25) is 5.02 Å². The summed E-state index contributed by atoms with van der Waals surface area (Å²) in [4.78, 5) is 16.2. The van der Waals surface area contributed by atoms with Crippen molar-refractivity contribution in [3.63, 3.8) is 0 Å². The zero-order chi connectivity index (χ0) is 14.9. The number of hydrogen-bond donors (Lipinski definition) is 1. The van der Waals surface area contributed by atoms with Gasteiger partial charge in [-0.15, -0.1) is 11.6 Å². The van der Waals surface area contributed by atoms with Crippen LogP contribution in [0.4, 0.5) is 4.39 Å². The number of carbonyl (C=O) groups is 1. The third-order valence-corrected chi connectivity index (χ3v) is 3.57. The third kappa shape index (κ3) is 2.60. The van der Waals surface area contributed by atoms with E-state index < -0.39 is 11.9 Å². The maximum atomic E-state index is 13.5. The lowest BCUT2D eigenvalue weighted by atomic mass is 10.2. The van der Waals surface area contributed by atoms with E-state index in [1.807, 2.05) is 6.92 Å². The lowest BCUT2D eigenvalue weighted by Gasteiger charge is -2.16. The number of aromatic nitrogens is 2. The normalized spacial score (nSPS) is 12.7. The fraction of sp³-hybridized carbons (Fsp3) is 0.385. The van der Waals surface area contributed by atoms with Crippen LogP contribution in [0.1, 0.15) is 25.7 Å². The Labute approximate surface area is 125 Å². The van der Waals surface area contributed by atoms with Crippen molar-refractivity contribution in [3.05, 3.63) is 28.8 Å². The van der Waals surface area contributed by atoms with Gasteiger partial charge in [-0.2, -0.15) is 0 Å². The van der Waals surface area contributed by atoms with Crippen molar-refractivity contribution >= 4 is 40.1 Å². The molecule has 0 aliphatic rings. The number of halogens is 3. The monoisotopic (exact) mass is 317 g/mol. The highest BCUT2D eigenvalue weighted by molar-refractivity contribution is 6.31. The molecule has 7 heteroatoms. The first-order valence-electron chi connectivity index (χ1n) is 6.19. The van der Waals surface area contributed by atoms with E-state index in [-0.39, 0.29) is 16.8 Å². The van der Waals surface area contributed by atoms with Crippen LogP contribution >= 0.6 is 23.2 Å². The summed E-state index contributed by atoms with van der Waals surface area (Å²) in [5, 5.41) is 2.73. The van der Waals surface area contributed by atoms with Gasteiger partial charge in [-0.3, -0.25) is 4.79 Å². The molecule has 2 rings (SSSR count). The van der Waals surface area contributed by atoms with Crippen molar-refractivity contribution in [2.45, 2.75) is 25.8 Å². The Morgan fingerprint density at radius 3 is 2.85 bits per heavy atom. The van der Waals surface area contributed by atoms with Crippen molar-refractivity contribution < 1.29 is 9.18 Å². The van der Waals surface area contributed by atoms with Gasteiger partial charge in [0, 0.05) is 12.6 Å². The number of fused-ring (bicyclic) bond motifs is 1. The van der Waals surface area contributed by atoms with E-state index in [0.717, 1.165) is 0 Å². The molecular formula is C13H14Cl2FN3O. The highest BCUT2D eigenvalue weighted by Crippen LogP contribution is 2.27. The van der Waals surface area contributed by atoms with E-state index in [0.29, 0.717) is 23.4 Å². The van der Waals surface area contributed by atoms with Gasteiger partial charge < -0.3 is 9.88 Å². The standard InChI is InChI=1S/C13H14Cl2FN3O/c1-3-17-13(20)7(2)19-11-4-8(15)9(16)5-10(11)18-12(19)6-14/h4-5,7H,3,6H2,1-2H3,(H,17,20). The minimum atomic E-state index is -0.546. The van der Waals surface area contributed by atoms with Crippen LogP contribution in [-0.4, -0.2) is 22.0 Å². The van der Waals surface area contributed by atoms with Crippen molar-refractivity contribution in [3.8, 4) is 0 Å². The van der Waals surface area contributed by atoms with Crippen molar-refractivity contribution in [2.24, 2.45) is 0 Å². The molecule has 1 unspecified atom stereocenters. The first-order chi connectivity index (χ1) is 9.49. The van der Waals surface area contributed by atoms with Gasteiger partial charge in [0.05, 0.1) is 21.9 Å². The van der Waals surface area contributed by atoms with Crippen LogP contribution in [0.3, 0.4) is 0 Å². The van der Waals surface area contributed by atoms with E-state index in [9.17, 15) is 9.18 Å². The molecule has 4 nitrogen and oxygen atoms in total. The van der Waals surface area contributed by atoms with Crippen LogP contribution in [0.15, 0.2) is 12.1 Å². The van der Waals surface area contributed by atoms with E-state index in [2.05, 4.69) is 10.3 Å². The highest BCUT2D eigenvalue weighted by atomic mass is 35.5. The smallest absolute Gasteiger partial charge is 0.242 e. The van der Waals surface area contributed by atoms with E-state index in [1.54, 1.807) is 11.5 Å². The first-order valence-corrected chi connectivity index (χ1v) is 7.10. The maximum Gasteiger partial charge on any atom is 0.242 e. The molecule has 0 fully saturated rings. The Hall–Kier alpha value is -1.33. The molecule has 1 atom stereocenters. The topological polar surface area (TPSA) is 46.9 Å². The number of imidazole rings is 1. The Morgan fingerprint density at radius 2 is 2.25 bits per heavy atom. The number of nitrogens with one attached hydrogen (secondary N) is 1. The summed E-state index contributed by atoms with van der Waals surface area (Å²) < 4.78 is 15.2. The van der Waals surface area contributed by atoms with E-state index in [1.165, 1.54) is 12.1 Å². The molecule has 108 valence electrons. The number of carbonyl (C=O) groups excluding carboxylic acids is 1. The SMILES string of the molecule is CCNC(=O)C(C)n1c(CCl)nc2cc(F)c(Cl)cc21. The number of likely N-dealkylation sites (N-methyl/N-ethyl adjacent to an activating group) is 1. The minimum absolute atomic E-state index is 0.0112. The molecule has 20 heavy (non-hydrogen) atoms. The Morgan fingerprint density at radius 1 is 1.55 bits per heavy atom. The molecule has 0 aliphatic heterocycles. The number of benzene rings is 1. The molecule has 1 aromatic heterocycles. The number of alkyl halides is 1. The van der Waals surface area contributed by atoms with Crippen molar-refractivity contribution in [1.29, 1.82) is 0 Å². The average Bonchev–Trinajstić information content (AvgIpc) is 2.76. The number of amides is 1. The van der Waals surface area contributed by atoms with Crippen LogP contribution in [0.5, 0.6) is 0 Å². The van der Waals surface area contributed by atoms with Crippen molar-refractivity contribution in [1.82, 2.24) is 14.9 Å². The van der Waals surface area contributed by atoms with Gasteiger partial charge in [-0.25, -0.2) is 9.37 Å². The van der Waals surface area contributed by atoms with Gasteiger partial charge in [0.25, 0.3) is 0 Å². The van der Waals surface area contributed by atoms with Crippen LogP contribution in [0, 0.1) is 5.82 Å². The lowest BCUT2D eigenvalue weighted by molar-refractivity contribution is -0.123. The maximum absolute atomic E-state index is 13.5. The second-order valence-electron chi connectivity index (χ2n) is 4.36. The third-order valence-electron chi connectivity index (χ3n) is 3.04. The Bertz CT molecular complexity index is 657. The molecule has 0 radical (unpaired) electrons. The Balaban J connectivity index is 2.60. The predicted molar refractivity (Wildman–Crippen MR) is 77.7 cm³/mol. The lowest BCUT2D eigenvalue weighted by Crippen LogP contribution is -2.31. The second kappa shape index (κ2) is 5.97. The molecule has 0 bridgehead atoms. The van der Waals surface area contributed by atoms with Gasteiger partial charge in [-0.1, -0.05) is 11.6 Å². The number of rotatable bonds is 4. The second-order valence-corrected chi connectivity index (χ2v) is 5.03. The van der Waals surface area contributed by atoms with Gasteiger partial charge in [0.1, 0.15) is 17.7 Å². The fourth-order valence-electron chi connectivity index (χ4n) is 2.11. The highest BCUT2D eigenvalue weighted by Gasteiger charge is 2.21. The molecule has 1 amide bonds.